The number of esters is 1. The summed E-state index contributed by atoms with van der Waals surface area (Å²) in [6, 6.07) is 15.5. The first-order valence-corrected chi connectivity index (χ1v) is 10.7. The molecule has 0 bridgehead atoms. The zero-order chi connectivity index (χ0) is 25.5. The fourth-order valence-corrected chi connectivity index (χ4v) is 2.72. The summed E-state index contributed by atoms with van der Waals surface area (Å²) in [6.45, 7) is 8.63. The zero-order valence-corrected chi connectivity index (χ0v) is 20.5. The number of carbonyl (C=O) groups is 3. The summed E-state index contributed by atoms with van der Waals surface area (Å²) in [6.07, 6.45) is 0.592. The molecule has 0 aliphatic heterocycles. The number of hydrogen-bond acceptors (Lipinski definition) is 6. The van der Waals surface area contributed by atoms with Crippen LogP contribution in [0.5, 0.6) is 0 Å². The van der Waals surface area contributed by atoms with Crippen molar-refractivity contribution in [1.29, 1.82) is 0 Å². The molecule has 0 aliphatic carbocycles. The Morgan fingerprint density at radius 3 is 1.56 bits per heavy atom. The molecule has 0 saturated heterocycles. The van der Waals surface area contributed by atoms with Gasteiger partial charge in [-0.15, -0.1) is 0 Å². The van der Waals surface area contributed by atoms with E-state index in [4.69, 9.17) is 14.2 Å². The van der Waals surface area contributed by atoms with Gasteiger partial charge < -0.3 is 24.8 Å². The van der Waals surface area contributed by atoms with Crippen molar-refractivity contribution in [2.24, 2.45) is 0 Å². The van der Waals surface area contributed by atoms with Gasteiger partial charge in [0.2, 0.25) is 11.8 Å². The molecule has 184 valence electrons. The lowest BCUT2D eigenvalue weighted by atomic mass is 10.0. The molecule has 1 atom stereocenters. The lowest BCUT2D eigenvalue weighted by Gasteiger charge is -2.14. The van der Waals surface area contributed by atoms with Crippen LogP contribution in [-0.4, -0.2) is 51.3 Å². The summed E-state index contributed by atoms with van der Waals surface area (Å²) >= 11 is 0. The Kier molecular flexibility index (Phi) is 12.9. The number of carbonyl (C=O) groups excluding carboxylic acids is 3. The Morgan fingerprint density at radius 2 is 1.24 bits per heavy atom. The summed E-state index contributed by atoms with van der Waals surface area (Å²) < 4.78 is 14.7. The minimum atomic E-state index is -0.404. The number of ether oxygens (including phenoxy) is 3. The second kappa shape index (κ2) is 15.4. The van der Waals surface area contributed by atoms with Crippen LogP contribution in [0.4, 0.5) is 11.4 Å². The highest BCUT2D eigenvalue weighted by Crippen LogP contribution is 2.16. The molecule has 2 aromatic rings. The standard InChI is InChI=1S/C17H18N2O2.C9H16O4/c1-12(20)18-16-7-3-14(4-8-16)11-15-5-9-17(10-6-15)19-13(2)21;1-7(2)9(10)13-6-8(12-4)5-11-3/h3-10H,11H2,1-2H3,(H,18,20)(H,19,21);8H,1,5-6H2,2-4H3. The number of rotatable bonds is 10. The average Bonchev–Trinajstić information content (AvgIpc) is 2.78. The van der Waals surface area contributed by atoms with Crippen molar-refractivity contribution in [1.82, 2.24) is 0 Å². The highest BCUT2D eigenvalue weighted by Gasteiger charge is 2.10. The fourth-order valence-electron chi connectivity index (χ4n) is 2.72. The van der Waals surface area contributed by atoms with E-state index in [0.717, 1.165) is 28.9 Å². The van der Waals surface area contributed by atoms with E-state index in [1.165, 1.54) is 21.0 Å². The van der Waals surface area contributed by atoms with Crippen molar-refractivity contribution in [3.63, 3.8) is 0 Å². The third-order valence-electron chi connectivity index (χ3n) is 4.39. The number of hydrogen-bond donors (Lipinski definition) is 2. The Bertz CT molecular complexity index is 881. The van der Waals surface area contributed by atoms with Crippen molar-refractivity contribution in [3.8, 4) is 0 Å². The van der Waals surface area contributed by atoms with Crippen LogP contribution in [-0.2, 0) is 35.0 Å². The molecule has 0 heterocycles. The fraction of sp³-hybridized carbons (Fsp3) is 0.346. The Hall–Kier alpha value is -3.49. The molecule has 1 unspecified atom stereocenters. The van der Waals surface area contributed by atoms with Crippen molar-refractivity contribution in [2.45, 2.75) is 33.3 Å². The Morgan fingerprint density at radius 1 is 0.794 bits per heavy atom. The molecule has 34 heavy (non-hydrogen) atoms. The molecule has 2 rings (SSSR count). The van der Waals surface area contributed by atoms with Gasteiger partial charge in [0.05, 0.1) is 6.61 Å². The molecule has 0 spiro atoms. The molecule has 0 fully saturated rings. The van der Waals surface area contributed by atoms with Crippen molar-refractivity contribution < 1.29 is 28.6 Å². The molecule has 2 aromatic carbocycles. The van der Waals surface area contributed by atoms with Crippen LogP contribution in [0.25, 0.3) is 0 Å². The van der Waals surface area contributed by atoms with E-state index in [-0.39, 0.29) is 24.5 Å². The number of anilines is 2. The normalized spacial score (nSPS) is 10.9. The largest absolute Gasteiger partial charge is 0.459 e. The number of benzene rings is 2. The highest BCUT2D eigenvalue weighted by molar-refractivity contribution is 5.89. The summed E-state index contributed by atoms with van der Waals surface area (Å²) in [5.41, 5.74) is 4.31. The maximum Gasteiger partial charge on any atom is 0.333 e. The molecule has 0 saturated carbocycles. The molecule has 0 aromatic heterocycles. The van der Waals surface area contributed by atoms with Gasteiger partial charge in [-0.2, -0.15) is 0 Å². The van der Waals surface area contributed by atoms with E-state index in [9.17, 15) is 14.4 Å². The molecule has 8 nitrogen and oxygen atoms in total. The third-order valence-corrected chi connectivity index (χ3v) is 4.39. The number of nitrogens with one attached hydrogen (secondary N) is 2. The van der Waals surface area contributed by atoms with Crippen LogP contribution in [0.1, 0.15) is 31.9 Å². The van der Waals surface area contributed by atoms with Gasteiger partial charge in [0.15, 0.2) is 0 Å². The third kappa shape index (κ3) is 11.9. The lowest BCUT2D eigenvalue weighted by molar-refractivity contribution is -0.143. The van der Waals surface area contributed by atoms with Crippen LogP contribution in [0.3, 0.4) is 0 Å². The number of methoxy groups -OCH3 is 2. The van der Waals surface area contributed by atoms with Crippen LogP contribution in [0.2, 0.25) is 0 Å². The van der Waals surface area contributed by atoms with Crippen LogP contribution in [0.15, 0.2) is 60.7 Å². The number of amides is 2. The van der Waals surface area contributed by atoms with E-state index in [0.29, 0.717) is 12.2 Å². The van der Waals surface area contributed by atoms with Crippen molar-refractivity contribution >= 4 is 29.2 Å². The first kappa shape index (κ1) is 28.5. The second-order valence-corrected chi connectivity index (χ2v) is 7.62. The quantitative estimate of drug-likeness (QED) is 0.402. The minimum absolute atomic E-state index is 0.0729. The van der Waals surface area contributed by atoms with E-state index >= 15 is 0 Å². The zero-order valence-electron chi connectivity index (χ0n) is 20.5. The summed E-state index contributed by atoms with van der Waals surface area (Å²) in [5, 5.41) is 5.48. The van der Waals surface area contributed by atoms with E-state index in [1.54, 1.807) is 14.0 Å². The predicted octanol–water partition coefficient (Wildman–Crippen LogP) is 3.96. The predicted molar refractivity (Wildman–Crippen MR) is 133 cm³/mol. The SMILES string of the molecule is C=C(C)C(=O)OCC(COC)OC.CC(=O)Nc1ccc(Cc2ccc(NC(C)=O)cc2)cc1. The maximum atomic E-state index is 11.0. The summed E-state index contributed by atoms with van der Waals surface area (Å²) in [5.74, 6) is -0.550. The lowest BCUT2D eigenvalue weighted by Crippen LogP contribution is -2.25. The molecule has 0 aliphatic rings. The summed E-state index contributed by atoms with van der Waals surface area (Å²) in [4.78, 5) is 32.9. The van der Waals surface area contributed by atoms with Gasteiger partial charge in [0, 0.05) is 45.0 Å². The van der Waals surface area contributed by atoms with Gasteiger partial charge in [-0.05, 0) is 48.7 Å². The van der Waals surface area contributed by atoms with Gasteiger partial charge in [0.25, 0.3) is 0 Å². The van der Waals surface area contributed by atoms with Gasteiger partial charge in [-0.3, -0.25) is 9.59 Å². The van der Waals surface area contributed by atoms with E-state index < -0.39 is 5.97 Å². The van der Waals surface area contributed by atoms with Crippen LogP contribution >= 0.6 is 0 Å². The van der Waals surface area contributed by atoms with Gasteiger partial charge in [-0.25, -0.2) is 4.79 Å². The summed E-state index contributed by atoms with van der Waals surface area (Å²) in [7, 11) is 3.10. The van der Waals surface area contributed by atoms with Crippen molar-refractivity contribution in [2.75, 3.05) is 38.1 Å². The van der Waals surface area contributed by atoms with Crippen molar-refractivity contribution in [3.05, 3.63) is 71.8 Å². The average molecular weight is 471 g/mol. The monoisotopic (exact) mass is 470 g/mol. The molecule has 2 N–H and O–H groups in total. The molecule has 2 amide bonds. The molecule has 8 heteroatoms. The van der Waals surface area contributed by atoms with E-state index in [1.807, 2.05) is 48.5 Å². The van der Waals surface area contributed by atoms with E-state index in [2.05, 4.69) is 17.2 Å². The van der Waals surface area contributed by atoms with Crippen LogP contribution in [0, 0.1) is 0 Å². The molecular formula is C26H34N2O6. The van der Waals surface area contributed by atoms with Crippen LogP contribution < -0.4 is 10.6 Å². The van der Waals surface area contributed by atoms with Gasteiger partial charge >= 0.3 is 5.97 Å². The smallest absolute Gasteiger partial charge is 0.333 e. The second-order valence-electron chi connectivity index (χ2n) is 7.62. The first-order valence-electron chi connectivity index (χ1n) is 10.7. The Balaban J connectivity index is 0.000000385. The minimum Gasteiger partial charge on any atom is -0.459 e. The molecule has 0 radical (unpaired) electrons. The highest BCUT2D eigenvalue weighted by atomic mass is 16.6. The molecular weight excluding hydrogens is 436 g/mol. The maximum absolute atomic E-state index is 11.0. The topological polar surface area (TPSA) is 103 Å². The Labute approximate surface area is 201 Å². The van der Waals surface area contributed by atoms with Gasteiger partial charge in [-0.1, -0.05) is 30.8 Å². The first-order chi connectivity index (χ1) is 16.1. The van der Waals surface area contributed by atoms with Gasteiger partial charge in [0.1, 0.15) is 12.7 Å².